The van der Waals surface area contributed by atoms with Gasteiger partial charge in [0.25, 0.3) is 0 Å². The van der Waals surface area contributed by atoms with E-state index in [4.69, 9.17) is 5.73 Å². The van der Waals surface area contributed by atoms with Crippen molar-refractivity contribution < 1.29 is 17.6 Å². The van der Waals surface area contributed by atoms with E-state index < -0.39 is 23.7 Å². The van der Waals surface area contributed by atoms with Crippen molar-refractivity contribution in [2.24, 2.45) is 15.7 Å². The lowest BCUT2D eigenvalue weighted by Crippen LogP contribution is -2.33. The van der Waals surface area contributed by atoms with E-state index >= 15 is 0 Å². The van der Waals surface area contributed by atoms with E-state index in [0.29, 0.717) is 39.8 Å². The predicted molar refractivity (Wildman–Crippen MR) is 134 cm³/mol. The molecule has 0 aromatic heterocycles. The Kier molecular flexibility index (Phi) is 8.11. The van der Waals surface area contributed by atoms with Crippen LogP contribution in [0.1, 0.15) is 26.3 Å². The molecule has 0 fully saturated rings. The second-order valence-corrected chi connectivity index (χ2v) is 8.51. The third kappa shape index (κ3) is 5.79. The van der Waals surface area contributed by atoms with Gasteiger partial charge in [0.05, 0.1) is 29.4 Å². The highest BCUT2D eigenvalue weighted by molar-refractivity contribution is 8.06. The average Bonchev–Trinajstić information content (AvgIpc) is 3.24. The first-order valence-electron chi connectivity index (χ1n) is 10.7. The molecule has 1 atom stereocenters. The summed E-state index contributed by atoms with van der Waals surface area (Å²) in [5, 5.41) is 7.59. The van der Waals surface area contributed by atoms with Gasteiger partial charge in [-0.15, -0.1) is 0 Å². The van der Waals surface area contributed by atoms with Gasteiger partial charge in [-0.05, 0) is 50.1 Å². The van der Waals surface area contributed by atoms with Crippen LogP contribution in [0.3, 0.4) is 0 Å². The van der Waals surface area contributed by atoms with Crippen LogP contribution in [-0.4, -0.2) is 36.3 Å². The number of nitrogens with two attached hydrogens (primary N) is 1. The standard InChI is InChI=1S/C24H26F4N6S/c1-5-30-13-32-15(3)23(31-12-29)33-14(2)19-10-21-34(20(11-35-21)24(26,27)28)16(4)22(19)17-7-6-8-18(25)9-17/h6-14,33H,4-5H2,1-3H3,(H2,29,31)(H,30,32)/b23-15-. The SMILES string of the molecule is C=C1C(c2cccc(F)c2)=C(C(C)NC(/N=C\N)=C(C)\N=C/NCC)C=C2SC=C(C(F)(F)F)N12. The van der Waals surface area contributed by atoms with Gasteiger partial charge in [-0.1, -0.05) is 30.5 Å². The number of rotatable bonds is 8. The van der Waals surface area contributed by atoms with Crippen molar-refractivity contribution in [1.29, 1.82) is 0 Å². The Hall–Kier alpha value is -3.47. The number of hydrogen-bond acceptors (Lipinski definition) is 5. The molecular formula is C24H26F4N6S. The molecule has 2 aliphatic rings. The molecule has 0 spiro atoms. The summed E-state index contributed by atoms with van der Waals surface area (Å²) in [6, 6.07) is 5.21. The normalized spacial score (nSPS) is 18.0. The molecule has 4 N–H and O–H groups in total. The van der Waals surface area contributed by atoms with Crippen molar-refractivity contribution in [3.05, 3.63) is 87.2 Å². The fourth-order valence-corrected chi connectivity index (χ4v) is 4.58. The number of thioether (sulfide) groups is 1. The van der Waals surface area contributed by atoms with Gasteiger partial charge in [0.2, 0.25) is 0 Å². The number of hydrogen-bond donors (Lipinski definition) is 3. The van der Waals surface area contributed by atoms with E-state index in [1.807, 2.05) is 13.8 Å². The Morgan fingerprint density at radius 3 is 2.69 bits per heavy atom. The second-order valence-electron chi connectivity index (χ2n) is 7.62. The lowest BCUT2D eigenvalue weighted by Gasteiger charge is -2.34. The molecule has 2 aliphatic heterocycles. The van der Waals surface area contributed by atoms with Gasteiger partial charge in [-0.25, -0.2) is 14.4 Å². The number of allylic oxidation sites excluding steroid dienone is 3. The molecule has 0 bridgehead atoms. The zero-order valence-electron chi connectivity index (χ0n) is 19.4. The Balaban J connectivity index is 2.10. The topological polar surface area (TPSA) is 78.0 Å². The van der Waals surface area contributed by atoms with Crippen LogP contribution in [0.5, 0.6) is 0 Å². The van der Waals surface area contributed by atoms with Crippen LogP contribution < -0.4 is 16.4 Å². The lowest BCUT2D eigenvalue weighted by atomic mass is 9.90. The fraction of sp³-hybridized carbons (Fsp3) is 0.250. The predicted octanol–water partition coefficient (Wildman–Crippen LogP) is 5.19. The van der Waals surface area contributed by atoms with Crippen LogP contribution in [0, 0.1) is 5.82 Å². The summed E-state index contributed by atoms with van der Waals surface area (Å²) >= 11 is 0.950. The molecule has 2 heterocycles. The molecule has 0 amide bonds. The van der Waals surface area contributed by atoms with Crippen LogP contribution in [0.15, 0.2) is 85.8 Å². The monoisotopic (exact) mass is 506 g/mol. The van der Waals surface area contributed by atoms with Crippen molar-refractivity contribution in [2.75, 3.05) is 6.54 Å². The zero-order valence-corrected chi connectivity index (χ0v) is 20.3. The van der Waals surface area contributed by atoms with Crippen LogP contribution in [0.4, 0.5) is 17.6 Å². The van der Waals surface area contributed by atoms with Crippen LogP contribution in [0.25, 0.3) is 5.57 Å². The molecular weight excluding hydrogens is 480 g/mol. The van der Waals surface area contributed by atoms with Gasteiger partial charge in [0, 0.05) is 23.2 Å². The molecule has 0 saturated heterocycles. The summed E-state index contributed by atoms with van der Waals surface area (Å²) in [6.07, 6.45) is -0.274. The van der Waals surface area contributed by atoms with Gasteiger partial charge >= 0.3 is 6.18 Å². The Bertz CT molecular complexity index is 1180. The van der Waals surface area contributed by atoms with E-state index in [9.17, 15) is 17.6 Å². The molecule has 0 saturated carbocycles. The number of aliphatic imine (C=N–C) groups is 2. The molecule has 11 heteroatoms. The number of halogens is 4. The first-order valence-corrected chi connectivity index (χ1v) is 11.6. The van der Waals surface area contributed by atoms with Gasteiger partial charge in [0.1, 0.15) is 17.3 Å². The van der Waals surface area contributed by atoms with Gasteiger partial charge in [-0.3, -0.25) is 4.90 Å². The summed E-state index contributed by atoms with van der Waals surface area (Å²) in [5.41, 5.74) is 6.72. The Labute approximate surface area is 205 Å². The average molecular weight is 507 g/mol. The number of nitrogens with one attached hydrogen (secondary N) is 2. The van der Waals surface area contributed by atoms with E-state index in [2.05, 4.69) is 27.2 Å². The molecule has 1 aromatic rings. The summed E-state index contributed by atoms with van der Waals surface area (Å²) in [4.78, 5) is 9.51. The van der Waals surface area contributed by atoms with Gasteiger partial charge < -0.3 is 16.4 Å². The molecule has 186 valence electrons. The van der Waals surface area contributed by atoms with Crippen LogP contribution in [-0.2, 0) is 0 Å². The highest BCUT2D eigenvalue weighted by Gasteiger charge is 2.45. The third-order valence-corrected chi connectivity index (χ3v) is 6.09. The van der Waals surface area contributed by atoms with Crippen molar-refractivity contribution in [2.45, 2.75) is 33.0 Å². The lowest BCUT2D eigenvalue weighted by molar-refractivity contribution is -0.104. The first kappa shape index (κ1) is 26.1. The van der Waals surface area contributed by atoms with Gasteiger partial charge in [0.15, 0.2) is 0 Å². The molecule has 6 nitrogen and oxygen atoms in total. The van der Waals surface area contributed by atoms with Crippen molar-refractivity contribution in [3.63, 3.8) is 0 Å². The molecule has 0 aliphatic carbocycles. The van der Waals surface area contributed by atoms with E-state index in [0.717, 1.165) is 28.4 Å². The number of alkyl halides is 3. The first-order chi connectivity index (χ1) is 16.6. The highest BCUT2D eigenvalue weighted by atomic mass is 32.2. The number of benzene rings is 1. The van der Waals surface area contributed by atoms with Gasteiger partial charge in [-0.2, -0.15) is 13.2 Å². The molecule has 1 aromatic carbocycles. The Morgan fingerprint density at radius 1 is 1.31 bits per heavy atom. The van der Waals surface area contributed by atoms with Crippen molar-refractivity contribution in [3.8, 4) is 0 Å². The van der Waals surface area contributed by atoms with Crippen LogP contribution in [0.2, 0.25) is 0 Å². The molecule has 0 radical (unpaired) electrons. The van der Waals surface area contributed by atoms with Crippen LogP contribution >= 0.6 is 11.8 Å². The minimum absolute atomic E-state index is 0.0973. The van der Waals surface area contributed by atoms with Crippen molar-refractivity contribution >= 4 is 30.0 Å². The second kappa shape index (κ2) is 10.9. The maximum atomic E-state index is 14.1. The minimum Gasteiger partial charge on any atom is -0.390 e. The highest BCUT2D eigenvalue weighted by Crippen LogP contribution is 2.50. The largest absolute Gasteiger partial charge is 0.432 e. The quantitative estimate of drug-likeness (QED) is 0.257. The smallest absolute Gasteiger partial charge is 0.390 e. The molecule has 1 unspecified atom stereocenters. The summed E-state index contributed by atoms with van der Waals surface area (Å²) in [5.74, 6) is -0.137. The number of fused-ring (bicyclic) bond motifs is 1. The third-order valence-electron chi connectivity index (χ3n) is 5.20. The molecule has 35 heavy (non-hydrogen) atoms. The van der Waals surface area contributed by atoms with Crippen molar-refractivity contribution in [1.82, 2.24) is 15.5 Å². The molecule has 3 rings (SSSR count). The zero-order chi connectivity index (χ0) is 25.8. The van der Waals surface area contributed by atoms with E-state index in [1.165, 1.54) is 24.5 Å². The summed E-state index contributed by atoms with van der Waals surface area (Å²) < 4.78 is 55.2. The summed E-state index contributed by atoms with van der Waals surface area (Å²) in [7, 11) is 0. The Morgan fingerprint density at radius 2 is 2.06 bits per heavy atom. The summed E-state index contributed by atoms with van der Waals surface area (Å²) in [6.45, 7) is 10.2. The maximum absolute atomic E-state index is 14.1. The fourth-order valence-electron chi connectivity index (χ4n) is 3.60. The maximum Gasteiger partial charge on any atom is 0.432 e. The van der Waals surface area contributed by atoms with E-state index in [-0.39, 0.29) is 5.70 Å². The minimum atomic E-state index is -4.58. The number of nitrogens with zero attached hydrogens (tertiary/aromatic N) is 3. The van der Waals surface area contributed by atoms with E-state index in [1.54, 1.807) is 19.1 Å².